The van der Waals surface area contributed by atoms with Gasteiger partial charge in [0, 0.05) is 16.9 Å². The molecule has 21 heavy (non-hydrogen) atoms. The van der Waals surface area contributed by atoms with E-state index in [2.05, 4.69) is 4.98 Å². The Kier molecular flexibility index (Phi) is 3.73. The second-order valence-electron chi connectivity index (χ2n) is 4.56. The Labute approximate surface area is 130 Å². The molecule has 0 unspecified atom stereocenters. The summed E-state index contributed by atoms with van der Waals surface area (Å²) in [5.74, 6) is 0.0693. The van der Waals surface area contributed by atoms with Crippen LogP contribution in [0.4, 0.5) is 0 Å². The van der Waals surface area contributed by atoms with Crippen molar-refractivity contribution >= 4 is 28.9 Å². The number of carbonyl (C=O) groups is 1. The Morgan fingerprint density at radius 3 is 2.86 bits per heavy atom. The molecule has 2 aromatic rings. The smallest absolute Gasteiger partial charge is 0.355 e. The van der Waals surface area contributed by atoms with Gasteiger partial charge in [0.2, 0.25) is 0 Å². The summed E-state index contributed by atoms with van der Waals surface area (Å²) in [4.78, 5) is 15.9. The summed E-state index contributed by atoms with van der Waals surface area (Å²) < 4.78 is 11.2. The maximum absolute atomic E-state index is 11.1. The van der Waals surface area contributed by atoms with Crippen molar-refractivity contribution in [1.29, 1.82) is 0 Å². The largest absolute Gasteiger partial charge is 0.489 e. The molecule has 1 aliphatic rings. The Morgan fingerprint density at radius 1 is 1.38 bits per heavy atom. The van der Waals surface area contributed by atoms with E-state index < -0.39 is 5.97 Å². The third-order valence-corrected chi connectivity index (χ3v) is 4.35. The number of rotatable bonds is 2. The molecule has 1 aromatic heterocycles. The molecular formula is C14H12ClNO4S. The summed E-state index contributed by atoms with van der Waals surface area (Å²) in [6, 6.07) is 3.51. The average molecular weight is 326 g/mol. The number of benzene rings is 1. The van der Waals surface area contributed by atoms with Crippen molar-refractivity contribution in [2.75, 3.05) is 13.2 Å². The molecule has 0 aliphatic carbocycles. The topological polar surface area (TPSA) is 68.7 Å². The lowest BCUT2D eigenvalue weighted by Gasteiger charge is -2.10. The Hall–Kier alpha value is -1.79. The number of fused-ring (bicyclic) bond motifs is 1. The molecule has 0 spiro atoms. The molecule has 0 amide bonds. The third kappa shape index (κ3) is 2.69. The van der Waals surface area contributed by atoms with Gasteiger partial charge >= 0.3 is 5.97 Å². The number of nitrogens with zero attached hydrogens (tertiary/aromatic N) is 1. The van der Waals surface area contributed by atoms with E-state index >= 15 is 0 Å². The van der Waals surface area contributed by atoms with Gasteiger partial charge < -0.3 is 14.6 Å². The summed E-state index contributed by atoms with van der Waals surface area (Å²) in [6.07, 6.45) is 0.792. The second-order valence-corrected chi connectivity index (χ2v) is 6.18. The Morgan fingerprint density at radius 2 is 2.14 bits per heavy atom. The monoisotopic (exact) mass is 325 g/mol. The fourth-order valence-corrected chi connectivity index (χ4v) is 3.23. The number of ether oxygens (including phenoxy) is 2. The SMILES string of the molecule is Cc1sc(-c2cc(Cl)c3c(c2)OCCCO3)nc1C(=O)O. The van der Waals surface area contributed by atoms with Crippen molar-refractivity contribution in [3.05, 3.63) is 27.7 Å². The van der Waals surface area contributed by atoms with Crippen LogP contribution in [0.2, 0.25) is 5.02 Å². The van der Waals surface area contributed by atoms with Crippen molar-refractivity contribution in [1.82, 2.24) is 4.98 Å². The summed E-state index contributed by atoms with van der Waals surface area (Å²) >= 11 is 7.55. The van der Waals surface area contributed by atoms with Gasteiger partial charge in [-0.2, -0.15) is 0 Å². The molecular weight excluding hydrogens is 314 g/mol. The molecule has 1 aliphatic heterocycles. The molecule has 2 heterocycles. The van der Waals surface area contributed by atoms with Gasteiger partial charge in [-0.1, -0.05) is 11.6 Å². The number of thiazole rings is 1. The van der Waals surface area contributed by atoms with Gasteiger partial charge in [0.05, 0.1) is 18.2 Å². The third-order valence-electron chi connectivity index (χ3n) is 3.05. The molecule has 1 N–H and O–H groups in total. The maximum atomic E-state index is 11.1. The lowest BCUT2D eigenvalue weighted by Crippen LogP contribution is -1.98. The number of aromatic nitrogens is 1. The molecule has 0 saturated carbocycles. The van der Waals surface area contributed by atoms with Crippen molar-refractivity contribution in [2.24, 2.45) is 0 Å². The lowest BCUT2D eigenvalue weighted by atomic mass is 10.2. The van der Waals surface area contributed by atoms with E-state index in [4.69, 9.17) is 26.2 Å². The summed E-state index contributed by atoms with van der Waals surface area (Å²) in [7, 11) is 0. The number of carboxylic acids is 1. The van der Waals surface area contributed by atoms with Gasteiger partial charge in [0.1, 0.15) is 5.01 Å². The van der Waals surface area contributed by atoms with Crippen LogP contribution in [0.15, 0.2) is 12.1 Å². The molecule has 1 aromatic carbocycles. The highest BCUT2D eigenvalue weighted by molar-refractivity contribution is 7.15. The van der Waals surface area contributed by atoms with E-state index in [-0.39, 0.29) is 5.69 Å². The van der Waals surface area contributed by atoms with Gasteiger partial charge in [-0.25, -0.2) is 9.78 Å². The minimum atomic E-state index is -1.03. The summed E-state index contributed by atoms with van der Waals surface area (Å²) in [5.41, 5.74) is 0.795. The van der Waals surface area contributed by atoms with E-state index in [0.29, 0.717) is 39.6 Å². The molecule has 3 rings (SSSR count). The molecule has 110 valence electrons. The molecule has 0 saturated heterocycles. The highest BCUT2D eigenvalue weighted by atomic mass is 35.5. The van der Waals surface area contributed by atoms with Crippen molar-refractivity contribution in [3.8, 4) is 22.1 Å². The molecule has 0 atom stereocenters. The zero-order chi connectivity index (χ0) is 15.0. The lowest BCUT2D eigenvalue weighted by molar-refractivity contribution is 0.0690. The van der Waals surface area contributed by atoms with E-state index in [1.165, 1.54) is 11.3 Å². The number of carboxylic acid groups (broad SMARTS) is 1. The van der Waals surface area contributed by atoms with Gasteiger partial charge in [0.15, 0.2) is 17.2 Å². The van der Waals surface area contributed by atoms with Gasteiger partial charge in [0.25, 0.3) is 0 Å². The maximum Gasteiger partial charge on any atom is 0.355 e. The highest BCUT2D eigenvalue weighted by Crippen LogP contribution is 2.41. The molecule has 0 radical (unpaired) electrons. The van der Waals surface area contributed by atoms with Gasteiger partial charge in [-0.15, -0.1) is 11.3 Å². The van der Waals surface area contributed by atoms with E-state index in [9.17, 15) is 4.79 Å². The first-order chi connectivity index (χ1) is 10.1. The standard InChI is InChI=1S/C14H12ClNO4S/c1-7-11(14(17)18)16-13(21-7)8-5-9(15)12-10(6-8)19-3-2-4-20-12/h5-6H,2-4H2,1H3,(H,17,18). The van der Waals surface area contributed by atoms with E-state index in [1.54, 1.807) is 19.1 Å². The number of halogens is 1. The van der Waals surface area contributed by atoms with Crippen LogP contribution in [-0.2, 0) is 0 Å². The van der Waals surface area contributed by atoms with Crippen LogP contribution in [-0.4, -0.2) is 29.3 Å². The van der Waals surface area contributed by atoms with Crippen LogP contribution in [0.1, 0.15) is 21.8 Å². The number of hydrogen-bond acceptors (Lipinski definition) is 5. The van der Waals surface area contributed by atoms with Crippen molar-refractivity contribution in [2.45, 2.75) is 13.3 Å². The van der Waals surface area contributed by atoms with Gasteiger partial charge in [-0.05, 0) is 19.1 Å². The summed E-state index contributed by atoms with van der Waals surface area (Å²) in [6.45, 7) is 2.85. The molecule has 0 bridgehead atoms. The zero-order valence-corrected chi connectivity index (χ0v) is 12.8. The van der Waals surface area contributed by atoms with Crippen molar-refractivity contribution in [3.63, 3.8) is 0 Å². The van der Waals surface area contributed by atoms with Crippen LogP contribution in [0, 0.1) is 6.92 Å². The fraction of sp³-hybridized carbons (Fsp3) is 0.286. The van der Waals surface area contributed by atoms with Crippen LogP contribution in [0.3, 0.4) is 0 Å². The normalized spacial score (nSPS) is 13.8. The average Bonchev–Trinajstić information content (AvgIpc) is 2.68. The van der Waals surface area contributed by atoms with Crippen LogP contribution in [0.25, 0.3) is 10.6 Å². The van der Waals surface area contributed by atoms with Crippen molar-refractivity contribution < 1.29 is 19.4 Å². The van der Waals surface area contributed by atoms with Crippen LogP contribution >= 0.6 is 22.9 Å². The Bertz CT molecular complexity index is 713. The Balaban J connectivity index is 2.07. The molecule has 5 nitrogen and oxygen atoms in total. The quantitative estimate of drug-likeness (QED) is 0.913. The first-order valence-electron chi connectivity index (χ1n) is 6.36. The predicted molar refractivity (Wildman–Crippen MR) is 79.9 cm³/mol. The fourth-order valence-electron chi connectivity index (χ4n) is 2.07. The van der Waals surface area contributed by atoms with Crippen LogP contribution < -0.4 is 9.47 Å². The minimum Gasteiger partial charge on any atom is -0.489 e. The minimum absolute atomic E-state index is 0.0678. The first kappa shape index (κ1) is 14.2. The predicted octanol–water partition coefficient (Wildman–Crippen LogP) is 3.63. The number of aromatic carboxylic acids is 1. The zero-order valence-electron chi connectivity index (χ0n) is 11.2. The number of hydrogen-bond donors (Lipinski definition) is 1. The highest BCUT2D eigenvalue weighted by Gasteiger charge is 2.20. The molecule has 0 fully saturated rings. The summed E-state index contributed by atoms with van der Waals surface area (Å²) in [5, 5.41) is 10.1. The number of aryl methyl sites for hydroxylation is 1. The second kappa shape index (κ2) is 5.54. The van der Waals surface area contributed by atoms with Crippen LogP contribution in [0.5, 0.6) is 11.5 Å². The van der Waals surface area contributed by atoms with Gasteiger partial charge in [-0.3, -0.25) is 0 Å². The van der Waals surface area contributed by atoms with E-state index in [1.807, 2.05) is 0 Å². The first-order valence-corrected chi connectivity index (χ1v) is 7.56. The molecule has 7 heteroatoms. The van der Waals surface area contributed by atoms with E-state index in [0.717, 1.165) is 12.0 Å².